The fourth-order valence-corrected chi connectivity index (χ4v) is 4.21. The van der Waals surface area contributed by atoms with Gasteiger partial charge in [0.2, 0.25) is 0 Å². The van der Waals surface area contributed by atoms with Gasteiger partial charge in [-0.3, -0.25) is 0 Å². The third-order valence-electron chi connectivity index (χ3n) is 5.80. The van der Waals surface area contributed by atoms with Crippen molar-refractivity contribution in [3.05, 3.63) is 122 Å². The predicted molar refractivity (Wildman–Crippen MR) is 130 cm³/mol. The molecule has 0 atom stereocenters. The molecule has 4 aromatic carbocycles. The number of hydrogen-bond acceptors (Lipinski definition) is 2. The lowest BCUT2D eigenvalue weighted by Gasteiger charge is -2.06. The third-order valence-corrected chi connectivity index (χ3v) is 5.80. The largest absolute Gasteiger partial charge is 0.464 e. The molecule has 2 aromatic heterocycles. The van der Waals surface area contributed by atoms with Gasteiger partial charge in [-0.05, 0) is 34.5 Å². The molecule has 6 aromatic rings. The van der Waals surface area contributed by atoms with Gasteiger partial charge in [0.25, 0.3) is 0 Å². The molecular formula is C30H20O2. The van der Waals surface area contributed by atoms with Crippen molar-refractivity contribution in [1.29, 1.82) is 0 Å². The van der Waals surface area contributed by atoms with E-state index in [1.165, 1.54) is 10.8 Å². The Morgan fingerprint density at radius 2 is 1.12 bits per heavy atom. The van der Waals surface area contributed by atoms with E-state index >= 15 is 0 Å². The molecule has 0 N–H and O–H groups in total. The molecule has 0 unspecified atom stereocenters. The summed E-state index contributed by atoms with van der Waals surface area (Å²) in [5.41, 5.74) is 5.17. The van der Waals surface area contributed by atoms with Crippen LogP contribution in [0.3, 0.4) is 0 Å². The van der Waals surface area contributed by atoms with Gasteiger partial charge in [-0.15, -0.1) is 0 Å². The second kappa shape index (κ2) is 7.75. The van der Waals surface area contributed by atoms with Crippen LogP contribution in [0.15, 0.2) is 130 Å². The number of furan rings is 2. The Labute approximate surface area is 186 Å². The lowest BCUT2D eigenvalue weighted by atomic mass is 9.98. The normalized spacial score (nSPS) is 11.1. The molecule has 0 saturated carbocycles. The molecule has 0 radical (unpaired) electrons. The zero-order valence-corrected chi connectivity index (χ0v) is 17.4. The molecule has 32 heavy (non-hydrogen) atoms. The summed E-state index contributed by atoms with van der Waals surface area (Å²) in [5.74, 6) is 2.44. The van der Waals surface area contributed by atoms with E-state index in [9.17, 15) is 0 Å². The van der Waals surface area contributed by atoms with Crippen molar-refractivity contribution in [1.82, 2.24) is 0 Å². The number of hydrogen-bond donors (Lipinski definition) is 0. The second-order valence-corrected chi connectivity index (χ2v) is 7.81. The zero-order chi connectivity index (χ0) is 21.3. The number of rotatable bonds is 4. The molecule has 0 aliphatic carbocycles. The Balaban J connectivity index is 1.54. The van der Waals surface area contributed by atoms with E-state index in [0.717, 1.165) is 45.1 Å². The van der Waals surface area contributed by atoms with Gasteiger partial charge in [-0.2, -0.15) is 0 Å². The molecule has 0 saturated heterocycles. The highest BCUT2D eigenvalue weighted by Gasteiger charge is 2.21. The standard InChI is InChI=1S/C30H20O2/c1-3-10-22(11-4-1)28-20-27(29(32-28)23-12-5-2-6-13-23)30-26(17-18-31-30)25-16-15-21-9-7-8-14-24(21)19-25/h1-20H. The zero-order valence-electron chi connectivity index (χ0n) is 17.4. The topological polar surface area (TPSA) is 26.3 Å². The van der Waals surface area contributed by atoms with Crippen LogP contribution < -0.4 is 0 Å². The summed E-state index contributed by atoms with van der Waals surface area (Å²) in [6.45, 7) is 0. The average Bonchev–Trinajstić information content (AvgIpc) is 3.52. The van der Waals surface area contributed by atoms with Crippen molar-refractivity contribution < 1.29 is 8.83 Å². The van der Waals surface area contributed by atoms with Gasteiger partial charge in [0.05, 0.1) is 11.8 Å². The smallest absolute Gasteiger partial charge is 0.145 e. The molecule has 0 bridgehead atoms. The van der Waals surface area contributed by atoms with E-state index in [-0.39, 0.29) is 0 Å². The van der Waals surface area contributed by atoms with E-state index in [2.05, 4.69) is 72.8 Å². The summed E-state index contributed by atoms with van der Waals surface area (Å²) in [4.78, 5) is 0. The lowest BCUT2D eigenvalue weighted by Crippen LogP contribution is -1.82. The minimum Gasteiger partial charge on any atom is -0.464 e. The first-order valence-electron chi connectivity index (χ1n) is 10.7. The van der Waals surface area contributed by atoms with Gasteiger partial charge in [0.1, 0.15) is 17.3 Å². The summed E-state index contributed by atoms with van der Waals surface area (Å²) in [5, 5.41) is 2.43. The summed E-state index contributed by atoms with van der Waals surface area (Å²) >= 11 is 0. The van der Waals surface area contributed by atoms with Crippen LogP contribution in [0, 0.1) is 0 Å². The minimum absolute atomic E-state index is 0.807. The first-order chi connectivity index (χ1) is 15.9. The van der Waals surface area contributed by atoms with Crippen molar-refractivity contribution >= 4 is 10.8 Å². The van der Waals surface area contributed by atoms with Crippen LogP contribution in [0.5, 0.6) is 0 Å². The Morgan fingerprint density at radius 1 is 0.438 bits per heavy atom. The molecule has 2 heterocycles. The highest BCUT2D eigenvalue weighted by atomic mass is 16.4. The molecule has 0 amide bonds. The molecule has 6 rings (SSSR count). The van der Waals surface area contributed by atoms with Crippen molar-refractivity contribution in [2.45, 2.75) is 0 Å². The van der Waals surface area contributed by atoms with E-state index < -0.39 is 0 Å². The highest BCUT2D eigenvalue weighted by Crippen LogP contribution is 2.43. The molecule has 2 heteroatoms. The van der Waals surface area contributed by atoms with Crippen LogP contribution >= 0.6 is 0 Å². The maximum absolute atomic E-state index is 6.41. The predicted octanol–water partition coefficient (Wildman–Crippen LogP) is 8.69. The van der Waals surface area contributed by atoms with E-state index in [1.54, 1.807) is 6.26 Å². The van der Waals surface area contributed by atoms with E-state index in [1.807, 2.05) is 42.5 Å². The Bertz CT molecular complexity index is 1500. The Kier molecular flexibility index (Phi) is 4.47. The van der Waals surface area contributed by atoms with Gasteiger partial charge in [-0.25, -0.2) is 0 Å². The van der Waals surface area contributed by atoms with Crippen molar-refractivity contribution in [3.8, 4) is 45.1 Å². The summed E-state index contributed by atoms with van der Waals surface area (Å²) < 4.78 is 12.5. The molecule has 0 aliphatic rings. The monoisotopic (exact) mass is 412 g/mol. The summed E-state index contributed by atoms with van der Waals surface area (Å²) in [7, 11) is 0. The van der Waals surface area contributed by atoms with Crippen molar-refractivity contribution in [2.75, 3.05) is 0 Å². The van der Waals surface area contributed by atoms with Crippen LogP contribution in [0.4, 0.5) is 0 Å². The van der Waals surface area contributed by atoms with Gasteiger partial charge in [-0.1, -0.05) is 97.1 Å². The number of fused-ring (bicyclic) bond motifs is 1. The second-order valence-electron chi connectivity index (χ2n) is 7.81. The van der Waals surface area contributed by atoms with Gasteiger partial charge in [0, 0.05) is 16.7 Å². The Morgan fingerprint density at radius 3 is 1.91 bits per heavy atom. The van der Waals surface area contributed by atoms with Crippen LogP contribution in [-0.2, 0) is 0 Å². The first-order valence-corrected chi connectivity index (χ1v) is 10.7. The SMILES string of the molecule is c1ccc(-c2cc(-c3occc3-c3ccc4ccccc4c3)c(-c3ccccc3)o2)cc1. The van der Waals surface area contributed by atoms with E-state index in [4.69, 9.17) is 8.83 Å². The summed E-state index contributed by atoms with van der Waals surface area (Å²) in [6.07, 6.45) is 1.75. The minimum atomic E-state index is 0.807. The molecule has 2 nitrogen and oxygen atoms in total. The highest BCUT2D eigenvalue weighted by molar-refractivity contribution is 5.93. The van der Waals surface area contributed by atoms with Crippen molar-refractivity contribution in [2.24, 2.45) is 0 Å². The van der Waals surface area contributed by atoms with Crippen LogP contribution in [-0.4, -0.2) is 0 Å². The molecule has 0 aliphatic heterocycles. The van der Waals surface area contributed by atoms with Crippen LogP contribution in [0.25, 0.3) is 55.9 Å². The number of benzene rings is 4. The molecular weight excluding hydrogens is 392 g/mol. The molecule has 0 spiro atoms. The van der Waals surface area contributed by atoms with Gasteiger partial charge in [0.15, 0.2) is 0 Å². The Hall–Kier alpha value is -4.30. The first kappa shape index (κ1) is 18.5. The quantitative estimate of drug-likeness (QED) is 0.289. The molecule has 152 valence electrons. The van der Waals surface area contributed by atoms with Crippen molar-refractivity contribution in [3.63, 3.8) is 0 Å². The lowest BCUT2D eigenvalue weighted by molar-refractivity contribution is 0.576. The fraction of sp³-hybridized carbons (Fsp3) is 0. The van der Waals surface area contributed by atoms with Crippen LogP contribution in [0.1, 0.15) is 0 Å². The summed E-state index contributed by atoms with van der Waals surface area (Å²) in [6, 6.07) is 39.4. The van der Waals surface area contributed by atoms with Crippen LogP contribution in [0.2, 0.25) is 0 Å². The average molecular weight is 412 g/mol. The fourth-order valence-electron chi connectivity index (χ4n) is 4.21. The van der Waals surface area contributed by atoms with E-state index in [0.29, 0.717) is 0 Å². The maximum Gasteiger partial charge on any atom is 0.145 e. The maximum atomic E-state index is 6.41. The van der Waals surface area contributed by atoms with Gasteiger partial charge >= 0.3 is 0 Å². The molecule has 0 fully saturated rings. The van der Waals surface area contributed by atoms with Gasteiger partial charge < -0.3 is 8.83 Å². The third kappa shape index (κ3) is 3.23.